The Bertz CT molecular complexity index is 1120. The minimum Gasteiger partial charge on any atom is -0.367 e. The minimum absolute atomic E-state index is 0.0563. The van der Waals surface area contributed by atoms with E-state index < -0.39 is 0 Å². The molecular weight excluding hydrogens is 410 g/mol. The number of nitrogens with zero attached hydrogens (tertiary/aromatic N) is 3. The number of amides is 2. The molecule has 1 saturated heterocycles. The highest BCUT2D eigenvalue weighted by atomic mass is 32.1. The fraction of sp³-hybridized carbons (Fsp3) is 0.261. The smallest absolute Gasteiger partial charge is 0.265 e. The van der Waals surface area contributed by atoms with E-state index in [-0.39, 0.29) is 11.8 Å². The van der Waals surface area contributed by atoms with Gasteiger partial charge in [0.15, 0.2) is 0 Å². The number of benzene rings is 1. The van der Waals surface area contributed by atoms with Crippen molar-refractivity contribution in [2.75, 3.05) is 41.3 Å². The van der Waals surface area contributed by atoms with Gasteiger partial charge >= 0.3 is 0 Å². The Labute approximate surface area is 184 Å². The molecule has 0 radical (unpaired) electrons. The number of hydrogen-bond donors (Lipinski definition) is 2. The lowest BCUT2D eigenvalue weighted by Crippen LogP contribution is -2.43. The quantitative estimate of drug-likeness (QED) is 0.662. The number of carbonyl (C=O) groups excluding carboxylic acids is 2. The lowest BCUT2D eigenvalue weighted by atomic mass is 10.00. The second kappa shape index (κ2) is 8.49. The van der Waals surface area contributed by atoms with Crippen molar-refractivity contribution in [2.45, 2.75) is 13.0 Å². The van der Waals surface area contributed by atoms with Gasteiger partial charge in [-0.15, -0.1) is 11.3 Å². The van der Waals surface area contributed by atoms with Gasteiger partial charge in [-0.25, -0.2) is 0 Å². The number of hydrogen-bond acceptors (Lipinski definition) is 6. The number of nitrogens with one attached hydrogen (secondary N) is 2. The van der Waals surface area contributed by atoms with Crippen molar-refractivity contribution < 1.29 is 9.59 Å². The minimum atomic E-state index is -0.189. The van der Waals surface area contributed by atoms with Gasteiger partial charge in [0.05, 0.1) is 40.4 Å². The number of thiophene rings is 1. The van der Waals surface area contributed by atoms with E-state index in [1.54, 1.807) is 23.4 Å². The molecule has 1 aromatic carbocycles. The van der Waals surface area contributed by atoms with Crippen molar-refractivity contribution in [3.8, 4) is 0 Å². The summed E-state index contributed by atoms with van der Waals surface area (Å²) < 4.78 is 0. The van der Waals surface area contributed by atoms with Crippen molar-refractivity contribution in [3.63, 3.8) is 0 Å². The first-order valence-corrected chi connectivity index (χ1v) is 11.2. The number of anilines is 3. The van der Waals surface area contributed by atoms with Crippen LogP contribution in [0.25, 0.3) is 0 Å². The maximum absolute atomic E-state index is 13.0. The molecule has 3 aromatic rings. The van der Waals surface area contributed by atoms with Crippen LogP contribution in [-0.4, -0.2) is 43.0 Å². The van der Waals surface area contributed by atoms with Crippen LogP contribution in [0.5, 0.6) is 0 Å². The zero-order valence-corrected chi connectivity index (χ0v) is 17.8. The Morgan fingerprint density at radius 3 is 2.71 bits per heavy atom. The maximum atomic E-state index is 13.0. The number of aromatic nitrogens is 1. The standard InChI is InChI=1S/C23H23N5O2S/c29-21-13-16-3-1-2-4-17(16)15-28(21)22-6-5-20(31-22)23(30)26-18-14-25-8-7-19(18)27-11-9-24-10-12-27/h1-8,14,24H,9-13,15H2,(H,26,30). The van der Waals surface area contributed by atoms with E-state index in [1.807, 2.05) is 30.3 Å². The third kappa shape index (κ3) is 4.04. The molecule has 2 N–H and O–H groups in total. The third-order valence-electron chi connectivity index (χ3n) is 5.68. The molecular formula is C23H23N5O2S. The second-order valence-electron chi connectivity index (χ2n) is 7.65. The van der Waals surface area contributed by atoms with Gasteiger partial charge in [0.1, 0.15) is 0 Å². The van der Waals surface area contributed by atoms with Gasteiger partial charge in [-0.3, -0.25) is 19.5 Å². The summed E-state index contributed by atoms with van der Waals surface area (Å²) in [4.78, 5) is 34.4. The molecule has 7 nitrogen and oxygen atoms in total. The number of fused-ring (bicyclic) bond motifs is 1. The fourth-order valence-corrected chi connectivity index (χ4v) is 4.96. The monoisotopic (exact) mass is 433 g/mol. The fourth-order valence-electron chi connectivity index (χ4n) is 4.05. The second-order valence-corrected chi connectivity index (χ2v) is 8.71. The van der Waals surface area contributed by atoms with E-state index >= 15 is 0 Å². The molecule has 2 aliphatic heterocycles. The zero-order chi connectivity index (χ0) is 21.2. The molecule has 0 atom stereocenters. The molecule has 0 aliphatic carbocycles. The van der Waals surface area contributed by atoms with Crippen molar-refractivity contribution in [1.29, 1.82) is 0 Å². The van der Waals surface area contributed by atoms with Crippen LogP contribution in [0.1, 0.15) is 20.8 Å². The lowest BCUT2D eigenvalue weighted by Gasteiger charge is -2.30. The molecule has 31 heavy (non-hydrogen) atoms. The first-order valence-electron chi connectivity index (χ1n) is 10.4. The topological polar surface area (TPSA) is 77.6 Å². The summed E-state index contributed by atoms with van der Waals surface area (Å²) in [5, 5.41) is 7.14. The van der Waals surface area contributed by atoms with E-state index in [2.05, 4.69) is 26.6 Å². The Morgan fingerprint density at radius 1 is 1.06 bits per heavy atom. The Balaban J connectivity index is 1.33. The zero-order valence-electron chi connectivity index (χ0n) is 17.0. The van der Waals surface area contributed by atoms with Crippen molar-refractivity contribution >= 4 is 39.5 Å². The first-order chi connectivity index (χ1) is 15.2. The van der Waals surface area contributed by atoms with Gasteiger partial charge in [0, 0.05) is 32.4 Å². The van der Waals surface area contributed by atoms with E-state index in [0.717, 1.165) is 48.0 Å². The molecule has 2 aliphatic rings. The van der Waals surface area contributed by atoms with E-state index in [9.17, 15) is 9.59 Å². The molecule has 0 bridgehead atoms. The van der Waals surface area contributed by atoms with Crippen LogP contribution in [0, 0.1) is 0 Å². The van der Waals surface area contributed by atoms with Gasteiger partial charge < -0.3 is 15.5 Å². The van der Waals surface area contributed by atoms with Crippen LogP contribution in [0.3, 0.4) is 0 Å². The highest BCUT2D eigenvalue weighted by Crippen LogP contribution is 2.32. The van der Waals surface area contributed by atoms with Crippen LogP contribution >= 0.6 is 11.3 Å². The van der Waals surface area contributed by atoms with Gasteiger partial charge in [0.2, 0.25) is 5.91 Å². The van der Waals surface area contributed by atoms with Crippen molar-refractivity contribution in [3.05, 3.63) is 70.9 Å². The van der Waals surface area contributed by atoms with Gasteiger partial charge in [-0.05, 0) is 29.3 Å². The highest BCUT2D eigenvalue weighted by molar-refractivity contribution is 7.18. The molecule has 1 fully saturated rings. The normalized spacial score (nSPS) is 16.2. The van der Waals surface area contributed by atoms with Crippen molar-refractivity contribution in [1.82, 2.24) is 10.3 Å². The first kappa shape index (κ1) is 19.7. The van der Waals surface area contributed by atoms with Crippen molar-refractivity contribution in [2.24, 2.45) is 0 Å². The molecule has 2 amide bonds. The van der Waals surface area contributed by atoms with E-state index in [4.69, 9.17) is 0 Å². The highest BCUT2D eigenvalue weighted by Gasteiger charge is 2.26. The SMILES string of the molecule is O=C(Nc1cnccc1N1CCNCC1)c1ccc(N2Cc3ccccc3CC2=O)s1. The molecule has 0 unspecified atom stereocenters. The number of rotatable bonds is 4. The van der Waals surface area contributed by atoms with Gasteiger partial charge in [-0.2, -0.15) is 0 Å². The number of pyridine rings is 1. The molecule has 4 heterocycles. The average molecular weight is 434 g/mol. The lowest BCUT2D eigenvalue weighted by molar-refractivity contribution is -0.118. The summed E-state index contributed by atoms with van der Waals surface area (Å²) in [7, 11) is 0. The largest absolute Gasteiger partial charge is 0.367 e. The van der Waals surface area contributed by atoms with Crippen LogP contribution in [0.15, 0.2) is 54.9 Å². The maximum Gasteiger partial charge on any atom is 0.265 e. The summed E-state index contributed by atoms with van der Waals surface area (Å²) in [5.41, 5.74) is 3.91. The summed E-state index contributed by atoms with van der Waals surface area (Å²) >= 11 is 1.34. The molecule has 8 heteroatoms. The summed E-state index contributed by atoms with van der Waals surface area (Å²) in [6.07, 6.45) is 3.82. The number of carbonyl (C=O) groups is 2. The van der Waals surface area contributed by atoms with Crippen LogP contribution in [0.2, 0.25) is 0 Å². The molecule has 0 spiro atoms. The van der Waals surface area contributed by atoms with Crippen LogP contribution in [0.4, 0.5) is 16.4 Å². The Hall–Kier alpha value is -3.23. The molecule has 5 rings (SSSR count). The molecule has 158 valence electrons. The van der Waals surface area contributed by atoms with Crippen LogP contribution < -0.4 is 20.4 Å². The van der Waals surface area contributed by atoms with Gasteiger partial charge in [0.25, 0.3) is 5.91 Å². The average Bonchev–Trinajstić information content (AvgIpc) is 3.30. The molecule has 2 aromatic heterocycles. The Kier molecular flexibility index (Phi) is 5.40. The van der Waals surface area contributed by atoms with E-state index in [0.29, 0.717) is 23.5 Å². The number of piperazine rings is 1. The summed E-state index contributed by atoms with van der Waals surface area (Å²) in [5.74, 6) is -0.133. The third-order valence-corrected chi connectivity index (χ3v) is 6.78. The predicted octanol–water partition coefficient (Wildman–Crippen LogP) is 2.89. The summed E-state index contributed by atoms with van der Waals surface area (Å²) in [6, 6.07) is 13.6. The van der Waals surface area contributed by atoms with E-state index in [1.165, 1.54) is 11.3 Å². The molecule has 0 saturated carbocycles. The Morgan fingerprint density at radius 2 is 1.87 bits per heavy atom. The summed E-state index contributed by atoms with van der Waals surface area (Å²) in [6.45, 7) is 4.13. The van der Waals surface area contributed by atoms with Gasteiger partial charge in [-0.1, -0.05) is 24.3 Å². The predicted molar refractivity (Wildman–Crippen MR) is 123 cm³/mol. The van der Waals surface area contributed by atoms with Crippen LogP contribution in [-0.2, 0) is 17.8 Å².